The summed E-state index contributed by atoms with van der Waals surface area (Å²) in [5.41, 5.74) is 12.5. The molecule has 4 aromatic heterocycles. The van der Waals surface area contributed by atoms with Gasteiger partial charge in [0.1, 0.15) is 33.5 Å². The molecule has 7 aromatic carbocycles. The number of hydrogen-bond donors (Lipinski definition) is 0. The highest BCUT2D eigenvalue weighted by Gasteiger charge is 2.36. The maximum Gasteiger partial charge on any atom is 0.144 e. The summed E-state index contributed by atoms with van der Waals surface area (Å²) < 4.78 is 24.3. The topological polar surface area (TPSA) is 44.4 Å². The van der Waals surface area contributed by atoms with Gasteiger partial charge in [-0.05, 0) is 40.0 Å². The standard InChI is InChI=1S/C47H41NO3/c1-45(2,3)26-19-29-32-33-30(48(29)22-23-15-11-10-12-16-23)20-27(46(4,5)6)43-36(33)38-39-37-34-31(49-42(26)35(32)34)21-28(47(7,8)9)44(37)51-41(39)25-18-14-13-17-24(25)40(38)50-43/h10-21H,22H2,1-9H3. The van der Waals surface area contributed by atoms with E-state index in [-0.39, 0.29) is 16.2 Å². The fourth-order valence-corrected chi connectivity index (χ4v) is 9.35. The Hall–Kier alpha value is -5.22. The molecular weight excluding hydrogens is 627 g/mol. The number of fused-ring (bicyclic) bond motifs is 3. The highest BCUT2D eigenvalue weighted by molar-refractivity contribution is 6.47. The average molecular weight is 668 g/mol. The summed E-state index contributed by atoms with van der Waals surface area (Å²) in [6.07, 6.45) is 0. The number of nitrogens with zero attached hydrogens (tertiary/aromatic N) is 1. The van der Waals surface area contributed by atoms with Crippen LogP contribution in [0.2, 0.25) is 0 Å². The van der Waals surface area contributed by atoms with E-state index in [1.54, 1.807) is 0 Å². The monoisotopic (exact) mass is 667 g/mol. The van der Waals surface area contributed by atoms with Crippen LogP contribution in [-0.2, 0) is 22.8 Å². The smallest absolute Gasteiger partial charge is 0.144 e. The van der Waals surface area contributed by atoms with Gasteiger partial charge in [-0.1, -0.05) is 117 Å². The first-order chi connectivity index (χ1) is 24.2. The van der Waals surface area contributed by atoms with Gasteiger partial charge < -0.3 is 17.8 Å². The van der Waals surface area contributed by atoms with Crippen molar-refractivity contribution in [2.24, 2.45) is 0 Å². The first-order valence-electron chi connectivity index (χ1n) is 18.3. The van der Waals surface area contributed by atoms with E-state index in [1.807, 2.05) is 0 Å². The lowest BCUT2D eigenvalue weighted by Gasteiger charge is -2.20. The second-order valence-corrected chi connectivity index (χ2v) is 18.1. The van der Waals surface area contributed by atoms with Gasteiger partial charge in [0.15, 0.2) is 0 Å². The van der Waals surface area contributed by atoms with Crippen molar-refractivity contribution in [3.8, 4) is 0 Å². The van der Waals surface area contributed by atoms with E-state index >= 15 is 0 Å². The van der Waals surface area contributed by atoms with Gasteiger partial charge in [-0.2, -0.15) is 0 Å². The number of furan rings is 3. The summed E-state index contributed by atoms with van der Waals surface area (Å²) in [7, 11) is 0. The van der Waals surface area contributed by atoms with Crippen LogP contribution in [0.4, 0.5) is 0 Å². The molecule has 0 N–H and O–H groups in total. The van der Waals surface area contributed by atoms with Crippen molar-refractivity contribution in [1.82, 2.24) is 4.57 Å². The lowest BCUT2D eigenvalue weighted by atomic mass is 9.81. The first kappa shape index (κ1) is 29.5. The predicted molar refractivity (Wildman–Crippen MR) is 214 cm³/mol. The Balaban J connectivity index is 1.56. The van der Waals surface area contributed by atoms with Crippen LogP contribution in [0.1, 0.15) is 84.6 Å². The maximum atomic E-state index is 7.29. The van der Waals surface area contributed by atoms with Gasteiger partial charge in [0, 0.05) is 77.1 Å². The zero-order chi connectivity index (χ0) is 35.1. The normalized spacial score (nSPS) is 14.1. The molecule has 0 aliphatic rings. The summed E-state index contributed by atoms with van der Waals surface area (Å²) in [6.45, 7) is 21.4. The molecule has 0 unspecified atom stereocenters. The van der Waals surface area contributed by atoms with Crippen molar-refractivity contribution < 1.29 is 13.3 Å². The van der Waals surface area contributed by atoms with Crippen LogP contribution in [-0.4, -0.2) is 4.57 Å². The fourth-order valence-electron chi connectivity index (χ4n) is 9.35. The third-order valence-corrected chi connectivity index (χ3v) is 11.7. The van der Waals surface area contributed by atoms with E-state index in [0.29, 0.717) is 0 Å². The molecule has 0 aliphatic carbocycles. The SMILES string of the molecule is CC(C)(C)c1cc2oc3c(C(C)(C)C)cc4c5c3c2c2c1oc1c3ccccc3c3oc6c(C(C)(C)C)cc(c5c6c3c12)n4Cc1ccccc1. The van der Waals surface area contributed by atoms with Crippen molar-refractivity contribution in [3.63, 3.8) is 0 Å². The van der Waals surface area contributed by atoms with Gasteiger partial charge in [0.2, 0.25) is 0 Å². The molecule has 11 rings (SSSR count). The van der Waals surface area contributed by atoms with E-state index in [1.165, 1.54) is 49.3 Å². The second-order valence-electron chi connectivity index (χ2n) is 18.1. The van der Waals surface area contributed by atoms with Crippen LogP contribution < -0.4 is 0 Å². The van der Waals surface area contributed by atoms with Crippen molar-refractivity contribution in [3.05, 3.63) is 95.1 Å². The van der Waals surface area contributed by atoms with Crippen LogP contribution in [0.25, 0.3) is 98.4 Å². The molecule has 252 valence electrons. The molecule has 0 saturated carbocycles. The molecule has 11 aromatic rings. The number of aromatic nitrogens is 1. The molecule has 0 fully saturated rings. The summed E-state index contributed by atoms with van der Waals surface area (Å²) in [5.74, 6) is 0. The fraction of sp³-hybridized carbons (Fsp3) is 0.277. The molecule has 4 heterocycles. The molecule has 0 aliphatic heterocycles. The minimum Gasteiger partial charge on any atom is -0.456 e. The largest absolute Gasteiger partial charge is 0.456 e. The number of benzene rings is 6. The van der Waals surface area contributed by atoms with Crippen molar-refractivity contribution in [1.29, 1.82) is 0 Å². The predicted octanol–water partition coefficient (Wildman–Crippen LogP) is 13.9. The molecule has 0 atom stereocenters. The molecule has 0 spiro atoms. The Bertz CT molecular complexity index is 3190. The summed E-state index contributed by atoms with van der Waals surface area (Å²) in [6, 6.07) is 26.6. The molecular formula is C47H41NO3. The Morgan fingerprint density at radius 3 is 1.35 bits per heavy atom. The van der Waals surface area contributed by atoms with Gasteiger partial charge in [0.25, 0.3) is 0 Å². The maximum absolute atomic E-state index is 7.29. The van der Waals surface area contributed by atoms with Gasteiger partial charge in [0.05, 0.1) is 11.0 Å². The molecule has 0 saturated heterocycles. The zero-order valence-electron chi connectivity index (χ0n) is 30.8. The van der Waals surface area contributed by atoms with E-state index in [9.17, 15) is 0 Å². The average Bonchev–Trinajstić information content (AvgIpc) is 3.81. The number of hydrogen-bond acceptors (Lipinski definition) is 3. The van der Waals surface area contributed by atoms with E-state index in [2.05, 4.69) is 140 Å². The molecule has 0 radical (unpaired) electrons. The van der Waals surface area contributed by atoms with Crippen LogP contribution in [0.3, 0.4) is 0 Å². The van der Waals surface area contributed by atoms with Gasteiger partial charge >= 0.3 is 0 Å². The van der Waals surface area contributed by atoms with Crippen LogP contribution in [0, 0.1) is 0 Å². The first-order valence-corrected chi connectivity index (χ1v) is 18.3. The summed E-state index contributed by atoms with van der Waals surface area (Å²) >= 11 is 0. The summed E-state index contributed by atoms with van der Waals surface area (Å²) in [4.78, 5) is 0. The Kier molecular flexibility index (Phi) is 5.19. The summed E-state index contributed by atoms with van der Waals surface area (Å²) in [5, 5.41) is 11.6. The quantitative estimate of drug-likeness (QED) is 0.184. The Morgan fingerprint density at radius 1 is 0.431 bits per heavy atom. The Morgan fingerprint density at radius 2 is 0.843 bits per heavy atom. The van der Waals surface area contributed by atoms with E-state index in [4.69, 9.17) is 13.3 Å². The highest BCUT2D eigenvalue weighted by atomic mass is 16.3. The van der Waals surface area contributed by atoms with Crippen LogP contribution in [0.15, 0.2) is 86.0 Å². The van der Waals surface area contributed by atoms with Gasteiger partial charge in [-0.3, -0.25) is 0 Å². The highest BCUT2D eigenvalue weighted by Crippen LogP contribution is 2.57. The lowest BCUT2D eigenvalue weighted by Crippen LogP contribution is -2.12. The molecule has 51 heavy (non-hydrogen) atoms. The number of rotatable bonds is 2. The lowest BCUT2D eigenvalue weighted by molar-refractivity contribution is 0.565. The Labute approximate surface area is 295 Å². The van der Waals surface area contributed by atoms with Crippen LogP contribution in [0.5, 0.6) is 0 Å². The van der Waals surface area contributed by atoms with Gasteiger partial charge in [-0.15, -0.1) is 0 Å². The molecule has 0 bridgehead atoms. The molecule has 0 amide bonds. The van der Waals surface area contributed by atoms with E-state index < -0.39 is 0 Å². The molecule has 4 nitrogen and oxygen atoms in total. The molecule has 4 heteroatoms. The zero-order valence-corrected chi connectivity index (χ0v) is 30.8. The third kappa shape index (κ3) is 3.56. The second kappa shape index (κ2) is 8.98. The van der Waals surface area contributed by atoms with E-state index in [0.717, 1.165) is 77.9 Å². The minimum absolute atomic E-state index is 0.168. The van der Waals surface area contributed by atoms with Crippen molar-refractivity contribution >= 4 is 98.4 Å². The van der Waals surface area contributed by atoms with Crippen molar-refractivity contribution in [2.45, 2.75) is 85.1 Å². The van der Waals surface area contributed by atoms with Crippen LogP contribution >= 0.6 is 0 Å². The van der Waals surface area contributed by atoms with Crippen molar-refractivity contribution in [2.75, 3.05) is 0 Å². The van der Waals surface area contributed by atoms with Gasteiger partial charge in [-0.25, -0.2) is 0 Å². The third-order valence-electron chi connectivity index (χ3n) is 11.7. The minimum atomic E-state index is -0.185.